The van der Waals surface area contributed by atoms with E-state index in [1.807, 2.05) is 19.9 Å². The van der Waals surface area contributed by atoms with E-state index in [4.69, 9.17) is 35.3 Å². The van der Waals surface area contributed by atoms with Crippen LogP contribution in [-0.2, 0) is 16.1 Å². The lowest BCUT2D eigenvalue weighted by Gasteiger charge is -2.25. The fraction of sp³-hybridized carbons (Fsp3) is 0.278. The van der Waals surface area contributed by atoms with Crippen LogP contribution in [0, 0.1) is 11.3 Å². The van der Waals surface area contributed by atoms with Crippen LogP contribution >= 0.6 is 22.9 Å². The van der Waals surface area contributed by atoms with E-state index < -0.39 is 12.0 Å². The highest BCUT2D eigenvalue weighted by atomic mass is 35.5. The summed E-state index contributed by atoms with van der Waals surface area (Å²) in [5.41, 5.74) is 2.74. The zero-order chi connectivity index (χ0) is 34.5. The van der Waals surface area contributed by atoms with Gasteiger partial charge in [0.25, 0.3) is 5.56 Å². The van der Waals surface area contributed by atoms with Crippen LogP contribution in [0.3, 0.4) is 0 Å². The number of aromatic nitrogens is 1. The number of carbonyl (C=O) groups excluding carboxylic acids is 1. The highest BCUT2D eigenvalue weighted by Gasteiger charge is 2.34. The Hall–Kier alpha value is -5.05. The van der Waals surface area contributed by atoms with Crippen molar-refractivity contribution in [1.29, 1.82) is 5.26 Å². The van der Waals surface area contributed by atoms with Crippen molar-refractivity contribution in [3.63, 3.8) is 0 Å². The molecule has 0 aliphatic carbocycles. The number of nitriles is 1. The number of carbonyl (C=O) groups is 1. The number of hydrogen-bond donors (Lipinski definition) is 0. The van der Waals surface area contributed by atoms with Crippen molar-refractivity contribution >= 4 is 35.0 Å². The van der Waals surface area contributed by atoms with E-state index in [0.717, 1.165) is 0 Å². The van der Waals surface area contributed by atoms with Crippen LogP contribution in [0.15, 0.2) is 75.7 Å². The van der Waals surface area contributed by atoms with E-state index in [9.17, 15) is 14.9 Å². The molecule has 0 saturated carbocycles. The Kier molecular flexibility index (Phi) is 10.6. The summed E-state index contributed by atoms with van der Waals surface area (Å²) < 4.78 is 30.4. The average molecular weight is 688 g/mol. The molecule has 48 heavy (non-hydrogen) atoms. The Labute approximate surface area is 286 Å². The molecule has 0 unspecified atom stereocenters. The third kappa shape index (κ3) is 6.95. The van der Waals surface area contributed by atoms with Gasteiger partial charge in [-0.2, -0.15) is 5.26 Å². The first kappa shape index (κ1) is 34.3. The maximum atomic E-state index is 14.2. The minimum Gasteiger partial charge on any atom is -0.493 e. The minimum atomic E-state index is -0.838. The Morgan fingerprint density at radius 2 is 1.85 bits per heavy atom. The molecular formula is C36H34ClN3O7S. The van der Waals surface area contributed by atoms with Gasteiger partial charge in [0.05, 0.1) is 65.4 Å². The second kappa shape index (κ2) is 14.8. The summed E-state index contributed by atoms with van der Waals surface area (Å²) in [5, 5.41) is 9.69. The predicted octanol–water partition coefficient (Wildman–Crippen LogP) is 5.71. The average Bonchev–Trinajstić information content (AvgIpc) is 3.36. The smallest absolute Gasteiger partial charge is 0.338 e. The number of fused-ring (bicyclic) bond motifs is 1. The maximum Gasteiger partial charge on any atom is 0.338 e. The van der Waals surface area contributed by atoms with Crippen molar-refractivity contribution in [2.75, 3.05) is 20.8 Å². The number of allylic oxidation sites excluding steroid dienone is 1. The highest BCUT2D eigenvalue weighted by Crippen LogP contribution is 2.38. The molecule has 0 bridgehead atoms. The van der Waals surface area contributed by atoms with Crippen LogP contribution in [0.4, 0.5) is 0 Å². The van der Waals surface area contributed by atoms with Gasteiger partial charge in [-0.15, -0.1) is 0 Å². The molecule has 0 fully saturated rings. The summed E-state index contributed by atoms with van der Waals surface area (Å²) in [7, 11) is 3.02. The van der Waals surface area contributed by atoms with Gasteiger partial charge in [0.2, 0.25) is 0 Å². The normalized spacial score (nSPS) is 14.2. The quantitative estimate of drug-likeness (QED) is 0.184. The summed E-state index contributed by atoms with van der Waals surface area (Å²) in [6.07, 6.45) is 1.60. The van der Waals surface area contributed by atoms with Gasteiger partial charge in [0.1, 0.15) is 6.61 Å². The summed E-state index contributed by atoms with van der Waals surface area (Å²) in [6, 6.07) is 17.1. The number of rotatable bonds is 11. The van der Waals surface area contributed by atoms with Gasteiger partial charge >= 0.3 is 5.97 Å². The molecule has 0 amide bonds. The number of nitrogens with zero attached hydrogens (tertiary/aromatic N) is 3. The number of halogens is 1. The second-order valence-corrected chi connectivity index (χ2v) is 12.4. The van der Waals surface area contributed by atoms with Crippen molar-refractivity contribution < 1.29 is 28.5 Å². The minimum absolute atomic E-state index is 0.0901. The van der Waals surface area contributed by atoms with E-state index in [0.29, 0.717) is 60.3 Å². The number of benzene rings is 3. The molecule has 0 N–H and O–H groups in total. The summed E-state index contributed by atoms with van der Waals surface area (Å²) in [5.74, 6) is 1.09. The van der Waals surface area contributed by atoms with E-state index >= 15 is 0 Å². The van der Waals surface area contributed by atoms with E-state index in [1.54, 1.807) is 68.5 Å². The Morgan fingerprint density at radius 3 is 2.54 bits per heavy atom. The lowest BCUT2D eigenvalue weighted by molar-refractivity contribution is -0.139. The van der Waals surface area contributed by atoms with Gasteiger partial charge < -0.3 is 23.7 Å². The molecule has 5 rings (SSSR count). The first-order valence-electron chi connectivity index (χ1n) is 15.1. The highest BCUT2D eigenvalue weighted by molar-refractivity contribution is 7.07. The van der Waals surface area contributed by atoms with Crippen molar-refractivity contribution in [1.82, 2.24) is 4.57 Å². The molecule has 0 spiro atoms. The van der Waals surface area contributed by atoms with Crippen molar-refractivity contribution in [3.05, 3.63) is 113 Å². The van der Waals surface area contributed by atoms with Crippen LogP contribution in [0.1, 0.15) is 56.0 Å². The monoisotopic (exact) mass is 687 g/mol. The number of esters is 1. The summed E-state index contributed by atoms with van der Waals surface area (Å²) in [4.78, 5) is 32.6. The Bertz CT molecular complexity index is 2130. The third-order valence-electron chi connectivity index (χ3n) is 7.44. The molecule has 10 nitrogen and oxygen atoms in total. The SMILES string of the molecule is CCOC(=O)C1=C(C)N=c2s/c(=C\c3cc(Cl)c(OCc4ccccc4C#N)c(OC)c3)c(=O)n2[C@@H]1c1ccc(OC(C)C)c(OC)c1. The van der Waals surface area contributed by atoms with Gasteiger partial charge in [-0.05, 0) is 75.2 Å². The van der Waals surface area contributed by atoms with E-state index in [2.05, 4.69) is 11.1 Å². The predicted molar refractivity (Wildman–Crippen MR) is 183 cm³/mol. The van der Waals surface area contributed by atoms with Gasteiger partial charge in [-0.3, -0.25) is 9.36 Å². The lowest BCUT2D eigenvalue weighted by atomic mass is 9.95. The maximum absolute atomic E-state index is 14.2. The summed E-state index contributed by atoms with van der Waals surface area (Å²) >= 11 is 7.85. The van der Waals surface area contributed by atoms with E-state index in [1.165, 1.54) is 30.1 Å². The fourth-order valence-electron chi connectivity index (χ4n) is 5.33. The van der Waals surface area contributed by atoms with Gasteiger partial charge in [-0.25, -0.2) is 9.79 Å². The molecule has 0 saturated heterocycles. The Morgan fingerprint density at radius 1 is 1.10 bits per heavy atom. The van der Waals surface area contributed by atoms with Crippen LogP contribution in [-0.4, -0.2) is 37.5 Å². The molecule has 2 heterocycles. The topological polar surface area (TPSA) is 121 Å². The van der Waals surface area contributed by atoms with Crippen LogP contribution in [0.2, 0.25) is 5.02 Å². The number of methoxy groups -OCH3 is 2. The lowest BCUT2D eigenvalue weighted by Crippen LogP contribution is -2.40. The van der Waals surface area contributed by atoms with Crippen molar-refractivity contribution in [2.45, 2.75) is 46.4 Å². The zero-order valence-corrected chi connectivity index (χ0v) is 28.9. The molecule has 4 aromatic rings. The molecule has 1 aromatic heterocycles. The molecular weight excluding hydrogens is 654 g/mol. The van der Waals surface area contributed by atoms with Gasteiger partial charge in [0.15, 0.2) is 27.8 Å². The summed E-state index contributed by atoms with van der Waals surface area (Å²) in [6.45, 7) is 7.53. The molecule has 1 aliphatic heterocycles. The fourth-order valence-corrected chi connectivity index (χ4v) is 6.65. The van der Waals surface area contributed by atoms with Gasteiger partial charge in [0, 0.05) is 5.56 Å². The first-order valence-corrected chi connectivity index (χ1v) is 16.3. The second-order valence-electron chi connectivity index (χ2n) is 11.0. The molecule has 1 atom stereocenters. The van der Waals surface area contributed by atoms with Crippen LogP contribution < -0.4 is 33.8 Å². The van der Waals surface area contributed by atoms with Crippen molar-refractivity contribution in [3.8, 4) is 29.1 Å². The van der Waals surface area contributed by atoms with Crippen LogP contribution in [0.25, 0.3) is 6.08 Å². The number of hydrogen-bond acceptors (Lipinski definition) is 10. The molecule has 248 valence electrons. The largest absolute Gasteiger partial charge is 0.493 e. The molecule has 0 radical (unpaired) electrons. The molecule has 12 heteroatoms. The van der Waals surface area contributed by atoms with Crippen LogP contribution in [0.5, 0.6) is 23.0 Å². The third-order valence-corrected chi connectivity index (χ3v) is 8.71. The standard InChI is InChI=1S/C36H34ClN3O7S/c1-7-45-35(42)31-21(4)39-36-40(32(31)23-12-13-27(47-20(2)3)28(17-23)43-5)34(41)30(48-36)16-22-14-26(37)33(29(15-22)44-6)46-19-25-11-9-8-10-24(25)18-38/h8-17,20,32H,7,19H2,1-6H3/b30-16-/t32-/m1/s1. The number of ether oxygens (including phenoxy) is 5. The Balaban J connectivity index is 1.60. The van der Waals surface area contributed by atoms with E-state index in [-0.39, 0.29) is 35.5 Å². The zero-order valence-electron chi connectivity index (χ0n) is 27.3. The van der Waals surface area contributed by atoms with Gasteiger partial charge in [-0.1, -0.05) is 47.2 Å². The molecule has 1 aliphatic rings. The number of thiazole rings is 1. The first-order chi connectivity index (χ1) is 23.1. The van der Waals surface area contributed by atoms with Crippen molar-refractivity contribution in [2.24, 2.45) is 4.99 Å². The molecule has 3 aromatic carbocycles.